The Bertz CT molecular complexity index is 968. The predicted molar refractivity (Wildman–Crippen MR) is 116 cm³/mol. The van der Waals surface area contributed by atoms with Crippen molar-refractivity contribution in [3.63, 3.8) is 0 Å². The van der Waals surface area contributed by atoms with E-state index in [0.29, 0.717) is 12.0 Å². The molecule has 0 spiro atoms. The molecule has 0 saturated carbocycles. The van der Waals surface area contributed by atoms with Crippen molar-refractivity contribution < 1.29 is 4.74 Å². The van der Waals surface area contributed by atoms with Gasteiger partial charge in [0.25, 0.3) is 0 Å². The Morgan fingerprint density at radius 3 is 2.75 bits per heavy atom. The third-order valence-corrected chi connectivity index (χ3v) is 6.24. The Morgan fingerprint density at radius 2 is 1.79 bits per heavy atom. The van der Waals surface area contributed by atoms with Crippen LogP contribution in [0.2, 0.25) is 0 Å². The SMILES string of the molecule is c1cc(CCCOc2ccc3ccccc3c2)c2c(c1)N[C@H]1CCNCC[C@@H]21. The molecular weight excluding hydrogens is 344 g/mol. The van der Waals surface area contributed by atoms with Gasteiger partial charge < -0.3 is 15.4 Å². The molecule has 2 aliphatic heterocycles. The van der Waals surface area contributed by atoms with Gasteiger partial charge in [0.15, 0.2) is 0 Å². The summed E-state index contributed by atoms with van der Waals surface area (Å²) in [6, 6.07) is 22.2. The number of aryl methyl sites for hydroxylation is 1. The zero-order valence-electron chi connectivity index (χ0n) is 16.3. The van der Waals surface area contributed by atoms with E-state index in [9.17, 15) is 0 Å². The van der Waals surface area contributed by atoms with Crippen LogP contribution in [0.25, 0.3) is 10.8 Å². The molecule has 1 fully saturated rings. The number of hydrogen-bond acceptors (Lipinski definition) is 3. The van der Waals surface area contributed by atoms with E-state index in [-0.39, 0.29) is 0 Å². The molecule has 0 radical (unpaired) electrons. The third kappa shape index (κ3) is 3.47. The normalized spacial score (nSPS) is 20.9. The number of hydrogen-bond donors (Lipinski definition) is 2. The molecule has 3 heteroatoms. The van der Waals surface area contributed by atoms with E-state index < -0.39 is 0 Å². The topological polar surface area (TPSA) is 33.3 Å². The summed E-state index contributed by atoms with van der Waals surface area (Å²) in [7, 11) is 0. The van der Waals surface area contributed by atoms with Crippen LogP contribution in [0.5, 0.6) is 5.75 Å². The zero-order valence-corrected chi connectivity index (χ0v) is 16.3. The van der Waals surface area contributed by atoms with Crippen molar-refractivity contribution in [1.82, 2.24) is 5.32 Å². The molecule has 3 nitrogen and oxygen atoms in total. The fraction of sp³-hybridized carbons (Fsp3) is 0.360. The van der Waals surface area contributed by atoms with Crippen LogP contribution in [0.4, 0.5) is 5.69 Å². The van der Waals surface area contributed by atoms with Gasteiger partial charge in [0.05, 0.1) is 6.61 Å². The van der Waals surface area contributed by atoms with E-state index in [1.54, 1.807) is 5.56 Å². The molecule has 144 valence electrons. The molecule has 0 unspecified atom stereocenters. The smallest absolute Gasteiger partial charge is 0.119 e. The van der Waals surface area contributed by atoms with Gasteiger partial charge in [-0.15, -0.1) is 0 Å². The molecule has 2 aliphatic rings. The molecule has 0 aliphatic carbocycles. The molecule has 2 N–H and O–H groups in total. The van der Waals surface area contributed by atoms with Gasteiger partial charge in [-0.2, -0.15) is 0 Å². The third-order valence-electron chi connectivity index (χ3n) is 6.24. The monoisotopic (exact) mass is 372 g/mol. The van der Waals surface area contributed by atoms with Crippen LogP contribution in [0, 0.1) is 0 Å². The molecule has 1 saturated heterocycles. The highest BCUT2D eigenvalue weighted by atomic mass is 16.5. The summed E-state index contributed by atoms with van der Waals surface area (Å²) in [6.45, 7) is 3.00. The maximum Gasteiger partial charge on any atom is 0.119 e. The maximum absolute atomic E-state index is 6.06. The number of fused-ring (bicyclic) bond motifs is 4. The van der Waals surface area contributed by atoms with E-state index >= 15 is 0 Å². The van der Waals surface area contributed by atoms with E-state index in [2.05, 4.69) is 71.3 Å². The zero-order chi connectivity index (χ0) is 18.8. The van der Waals surface area contributed by atoms with Gasteiger partial charge in [0.1, 0.15) is 5.75 Å². The van der Waals surface area contributed by atoms with Crippen molar-refractivity contribution in [3.8, 4) is 5.75 Å². The molecular formula is C25H28N2O. The number of anilines is 1. The maximum atomic E-state index is 6.06. The number of rotatable bonds is 5. The van der Waals surface area contributed by atoms with Crippen molar-refractivity contribution in [2.75, 3.05) is 25.0 Å². The van der Waals surface area contributed by atoms with Crippen molar-refractivity contribution >= 4 is 16.5 Å². The number of ether oxygens (including phenoxy) is 1. The lowest BCUT2D eigenvalue weighted by atomic mass is 9.87. The summed E-state index contributed by atoms with van der Waals surface area (Å²) >= 11 is 0. The van der Waals surface area contributed by atoms with Crippen molar-refractivity contribution in [3.05, 3.63) is 71.8 Å². The largest absolute Gasteiger partial charge is 0.494 e. The van der Waals surface area contributed by atoms with Crippen LogP contribution in [0.3, 0.4) is 0 Å². The lowest BCUT2D eigenvalue weighted by Gasteiger charge is -2.18. The first kappa shape index (κ1) is 17.6. The van der Waals surface area contributed by atoms with Gasteiger partial charge in [0.2, 0.25) is 0 Å². The molecule has 5 rings (SSSR count). The quantitative estimate of drug-likeness (QED) is 0.611. The van der Waals surface area contributed by atoms with E-state index in [1.807, 2.05) is 0 Å². The lowest BCUT2D eigenvalue weighted by molar-refractivity contribution is 0.311. The predicted octanol–water partition coefficient (Wildman–Crippen LogP) is 5.11. The second-order valence-electron chi connectivity index (χ2n) is 8.02. The molecule has 2 heterocycles. The minimum atomic E-state index is 0.597. The van der Waals surface area contributed by atoms with Crippen LogP contribution in [0.1, 0.15) is 36.3 Å². The Kier molecular flexibility index (Phi) is 4.92. The summed E-state index contributed by atoms with van der Waals surface area (Å²) in [6.07, 6.45) is 4.56. The molecule has 3 aromatic carbocycles. The second kappa shape index (κ2) is 7.84. The highest BCUT2D eigenvalue weighted by molar-refractivity contribution is 5.83. The van der Waals surface area contributed by atoms with Crippen LogP contribution in [-0.2, 0) is 6.42 Å². The van der Waals surface area contributed by atoms with Gasteiger partial charge in [-0.05, 0) is 78.9 Å². The average molecular weight is 373 g/mol. The fourth-order valence-electron chi connectivity index (χ4n) is 4.87. The van der Waals surface area contributed by atoms with Gasteiger partial charge in [-0.25, -0.2) is 0 Å². The Hall–Kier alpha value is -2.52. The molecule has 28 heavy (non-hydrogen) atoms. The van der Waals surface area contributed by atoms with Crippen LogP contribution >= 0.6 is 0 Å². The highest BCUT2D eigenvalue weighted by Crippen LogP contribution is 2.42. The van der Waals surface area contributed by atoms with E-state index in [0.717, 1.165) is 38.3 Å². The van der Waals surface area contributed by atoms with Gasteiger partial charge in [-0.1, -0.05) is 42.5 Å². The van der Waals surface area contributed by atoms with Gasteiger partial charge >= 0.3 is 0 Å². The van der Waals surface area contributed by atoms with Crippen molar-refractivity contribution in [2.45, 2.75) is 37.6 Å². The first-order valence-electron chi connectivity index (χ1n) is 10.6. The number of benzene rings is 3. The first-order valence-corrected chi connectivity index (χ1v) is 10.6. The van der Waals surface area contributed by atoms with Crippen molar-refractivity contribution in [2.24, 2.45) is 0 Å². The van der Waals surface area contributed by atoms with Crippen molar-refractivity contribution in [1.29, 1.82) is 0 Å². The highest BCUT2D eigenvalue weighted by Gasteiger charge is 2.34. The molecule has 0 amide bonds. The molecule has 2 atom stereocenters. The lowest BCUT2D eigenvalue weighted by Crippen LogP contribution is -2.21. The van der Waals surface area contributed by atoms with Crippen LogP contribution < -0.4 is 15.4 Å². The van der Waals surface area contributed by atoms with Crippen LogP contribution in [0.15, 0.2) is 60.7 Å². The van der Waals surface area contributed by atoms with Crippen LogP contribution in [-0.4, -0.2) is 25.7 Å². The summed E-state index contributed by atoms with van der Waals surface area (Å²) < 4.78 is 6.06. The second-order valence-corrected chi connectivity index (χ2v) is 8.02. The summed E-state index contributed by atoms with van der Waals surface area (Å²) in [5, 5.41) is 9.82. The average Bonchev–Trinajstić information content (AvgIpc) is 2.93. The minimum absolute atomic E-state index is 0.597. The number of nitrogens with one attached hydrogen (secondary N) is 2. The molecule has 0 aromatic heterocycles. The summed E-state index contributed by atoms with van der Waals surface area (Å²) in [5.41, 5.74) is 4.44. The summed E-state index contributed by atoms with van der Waals surface area (Å²) in [5.74, 6) is 1.62. The standard InChI is InChI=1S/C25H28N2O/c1-2-6-20-17-21(11-10-18(20)5-1)28-16-4-8-19-7-3-9-24-25(19)22-12-14-26-15-13-23(22)27-24/h1-3,5-7,9-11,17,22-23,26-27H,4,8,12-16H2/t22-,23+/m1/s1. The van der Waals surface area contributed by atoms with Gasteiger partial charge in [-0.3, -0.25) is 0 Å². The molecule has 3 aromatic rings. The van der Waals surface area contributed by atoms with E-state index in [4.69, 9.17) is 4.74 Å². The Balaban J connectivity index is 1.23. The molecule has 0 bridgehead atoms. The fourth-order valence-corrected chi connectivity index (χ4v) is 4.87. The minimum Gasteiger partial charge on any atom is -0.494 e. The first-order chi connectivity index (χ1) is 13.9. The Morgan fingerprint density at radius 1 is 0.893 bits per heavy atom. The Labute approximate surface area is 167 Å². The van der Waals surface area contributed by atoms with Gasteiger partial charge in [0, 0.05) is 17.6 Å². The van der Waals surface area contributed by atoms with E-state index in [1.165, 1.54) is 34.9 Å². The summed E-state index contributed by atoms with van der Waals surface area (Å²) in [4.78, 5) is 0.